The van der Waals surface area contributed by atoms with E-state index in [1.54, 1.807) is 12.3 Å². The molecule has 1 aromatic heterocycles. The normalized spacial score (nSPS) is 15.4. The molecule has 1 aliphatic heterocycles. The Morgan fingerprint density at radius 1 is 1.38 bits per heavy atom. The number of fused-ring (bicyclic) bond motifs is 1. The largest absolute Gasteiger partial charge is 0.492 e. The molecule has 1 aliphatic rings. The quantitative estimate of drug-likeness (QED) is 0.383. The van der Waals surface area contributed by atoms with Gasteiger partial charge in [-0.3, -0.25) is 20.8 Å². The van der Waals surface area contributed by atoms with Gasteiger partial charge < -0.3 is 19.8 Å². The van der Waals surface area contributed by atoms with E-state index in [4.69, 9.17) is 20.6 Å². The molecule has 0 saturated carbocycles. The van der Waals surface area contributed by atoms with Crippen LogP contribution in [0.5, 0.6) is 5.75 Å². The van der Waals surface area contributed by atoms with Crippen molar-refractivity contribution in [1.29, 1.82) is 0 Å². The van der Waals surface area contributed by atoms with Crippen LogP contribution < -0.4 is 26.6 Å². The molecule has 6 N–H and O–H groups in total. The minimum atomic E-state index is -0.0841. The van der Waals surface area contributed by atoms with Crippen molar-refractivity contribution in [2.45, 2.75) is 0 Å². The number of pyridine rings is 1. The Balaban J connectivity index is 1.67. The highest BCUT2D eigenvalue weighted by molar-refractivity contribution is 5.86. The first-order chi connectivity index (χ1) is 12.6. The fraction of sp³-hybridized carbons (Fsp3) is 0.333. The van der Waals surface area contributed by atoms with Gasteiger partial charge in [-0.2, -0.15) is 0 Å². The Kier molecular flexibility index (Phi) is 5.88. The van der Waals surface area contributed by atoms with Crippen LogP contribution in [-0.2, 0) is 4.74 Å². The van der Waals surface area contributed by atoms with Crippen molar-refractivity contribution in [3.63, 3.8) is 0 Å². The van der Waals surface area contributed by atoms with E-state index in [1.807, 2.05) is 12.1 Å². The van der Waals surface area contributed by atoms with E-state index in [-0.39, 0.29) is 11.3 Å². The fourth-order valence-electron chi connectivity index (χ4n) is 2.74. The molecule has 138 valence electrons. The molecule has 8 nitrogen and oxygen atoms in total. The summed E-state index contributed by atoms with van der Waals surface area (Å²) in [4.78, 5) is 17.7. The molecular weight excluding hydrogens is 334 g/mol. The molecule has 0 unspecified atom stereocenters. The maximum Gasteiger partial charge on any atom is 0.264 e. The van der Waals surface area contributed by atoms with Crippen molar-refractivity contribution in [3.05, 3.63) is 46.8 Å². The van der Waals surface area contributed by atoms with Crippen molar-refractivity contribution in [2.75, 3.05) is 44.8 Å². The van der Waals surface area contributed by atoms with Gasteiger partial charge in [-0.25, -0.2) is 0 Å². The number of benzene rings is 1. The van der Waals surface area contributed by atoms with Gasteiger partial charge in [-0.1, -0.05) is 0 Å². The number of H-pyrrole nitrogens is 1. The zero-order valence-corrected chi connectivity index (χ0v) is 14.5. The van der Waals surface area contributed by atoms with Gasteiger partial charge in [0.2, 0.25) is 0 Å². The van der Waals surface area contributed by atoms with Crippen LogP contribution in [0.15, 0.2) is 41.3 Å². The van der Waals surface area contributed by atoms with Gasteiger partial charge in [0.1, 0.15) is 18.2 Å². The smallest absolute Gasteiger partial charge is 0.264 e. The number of morpholine rings is 1. The molecular formula is C18H24N5O3+. The Hall–Kier alpha value is -2.84. The van der Waals surface area contributed by atoms with Crippen LogP contribution in [0.4, 0.5) is 5.82 Å². The van der Waals surface area contributed by atoms with E-state index in [0.717, 1.165) is 32.8 Å². The lowest BCUT2D eigenvalue weighted by Gasteiger charge is -2.26. The number of nitrogens with one attached hydrogen (secondary N) is 2. The van der Waals surface area contributed by atoms with Crippen LogP contribution in [0.1, 0.15) is 0 Å². The molecule has 0 atom stereocenters. The molecule has 1 aromatic carbocycles. The molecule has 3 rings (SSSR count). The van der Waals surface area contributed by atoms with Gasteiger partial charge in [0, 0.05) is 49.4 Å². The number of rotatable bonds is 7. The predicted molar refractivity (Wildman–Crippen MR) is 101 cm³/mol. The molecule has 8 heteroatoms. The zero-order valence-electron chi connectivity index (χ0n) is 14.5. The number of nitrogens with two attached hydrogens (primary N) is 2. The van der Waals surface area contributed by atoms with Crippen LogP contribution in [0.3, 0.4) is 0 Å². The van der Waals surface area contributed by atoms with Crippen molar-refractivity contribution < 1.29 is 14.9 Å². The van der Waals surface area contributed by atoms with Crippen molar-refractivity contribution >= 4 is 22.6 Å². The second-order valence-corrected chi connectivity index (χ2v) is 6.03. The monoisotopic (exact) mass is 358 g/mol. The van der Waals surface area contributed by atoms with Crippen LogP contribution in [-0.4, -0.2) is 55.2 Å². The Bertz CT molecular complexity index is 856. The summed E-state index contributed by atoms with van der Waals surface area (Å²) in [5.41, 5.74) is 5.98. The predicted octanol–water partition coefficient (Wildman–Crippen LogP) is -0.719. The number of aromatic amines is 1. The van der Waals surface area contributed by atoms with Crippen LogP contribution in [0, 0.1) is 0 Å². The van der Waals surface area contributed by atoms with Gasteiger partial charge >= 0.3 is 0 Å². The number of ether oxygens (including phenoxy) is 2. The first kappa shape index (κ1) is 18.0. The summed E-state index contributed by atoms with van der Waals surface area (Å²) in [5, 5.41) is 8.91. The van der Waals surface area contributed by atoms with E-state index in [2.05, 4.69) is 15.2 Å². The third-order valence-corrected chi connectivity index (χ3v) is 4.10. The van der Waals surface area contributed by atoms with E-state index < -0.39 is 0 Å². The molecule has 1 fully saturated rings. The highest BCUT2D eigenvalue weighted by Crippen LogP contribution is 2.18. The summed E-state index contributed by atoms with van der Waals surface area (Å²) in [7, 11) is 0. The van der Waals surface area contributed by atoms with E-state index >= 15 is 0 Å². The summed E-state index contributed by atoms with van der Waals surface area (Å²) in [5.74, 6) is 1.44. The average molecular weight is 358 g/mol. The molecule has 26 heavy (non-hydrogen) atoms. The standard InChI is InChI=1S/C18H23N5O3/c19-17(20)3-4-21-18-12-16(24)14-2-1-13(11-15(14)22-18)26-10-7-23-5-8-25-9-6-23/h1-4,11-12H,5-10H2,(H3,19,20)(H2,21,22,24)/p+1/b4-3-. The minimum Gasteiger partial charge on any atom is -0.492 e. The van der Waals surface area contributed by atoms with Crippen molar-refractivity contribution in [3.8, 4) is 5.75 Å². The topological polar surface area (TPSA) is 118 Å². The molecule has 0 aliphatic carbocycles. The van der Waals surface area contributed by atoms with Crippen LogP contribution in [0.2, 0.25) is 0 Å². The van der Waals surface area contributed by atoms with Crippen molar-refractivity contribution in [1.82, 2.24) is 9.88 Å². The Morgan fingerprint density at radius 2 is 2.19 bits per heavy atom. The van der Waals surface area contributed by atoms with Gasteiger partial charge in [0.05, 0.1) is 18.7 Å². The highest BCUT2D eigenvalue weighted by Gasteiger charge is 2.10. The van der Waals surface area contributed by atoms with E-state index in [1.165, 1.54) is 12.1 Å². The summed E-state index contributed by atoms with van der Waals surface area (Å²) >= 11 is 0. The van der Waals surface area contributed by atoms with Gasteiger partial charge in [-0.15, -0.1) is 0 Å². The lowest BCUT2D eigenvalue weighted by Crippen LogP contribution is -2.44. The summed E-state index contributed by atoms with van der Waals surface area (Å²) in [6.07, 6.45) is 3.07. The molecule has 2 aromatic rings. The highest BCUT2D eigenvalue weighted by atomic mass is 16.5. The number of nitrogens with zero attached hydrogens (tertiary/aromatic N) is 1. The molecule has 0 amide bonds. The Morgan fingerprint density at radius 3 is 2.96 bits per heavy atom. The average Bonchev–Trinajstić information content (AvgIpc) is 2.62. The number of hydrogen-bond donors (Lipinski definition) is 4. The zero-order chi connectivity index (χ0) is 18.4. The minimum absolute atomic E-state index is 0.0841. The Labute approximate surface area is 151 Å². The molecule has 0 spiro atoms. The number of amidine groups is 1. The number of hydrogen-bond acceptors (Lipinski definition) is 5. The second-order valence-electron chi connectivity index (χ2n) is 6.03. The van der Waals surface area contributed by atoms with Gasteiger partial charge in [-0.05, 0) is 12.1 Å². The first-order valence-corrected chi connectivity index (χ1v) is 8.53. The first-order valence-electron chi connectivity index (χ1n) is 8.53. The maximum absolute atomic E-state index is 12.2. The van der Waals surface area contributed by atoms with Crippen molar-refractivity contribution in [2.24, 2.45) is 5.73 Å². The third kappa shape index (κ3) is 4.84. The second kappa shape index (κ2) is 8.50. The lowest BCUT2D eigenvalue weighted by atomic mass is 10.2. The van der Waals surface area contributed by atoms with Gasteiger partial charge in [0.25, 0.3) is 5.84 Å². The fourth-order valence-corrected chi connectivity index (χ4v) is 2.74. The lowest BCUT2D eigenvalue weighted by molar-refractivity contribution is -0.113. The summed E-state index contributed by atoms with van der Waals surface area (Å²) in [6, 6.07) is 6.89. The number of aromatic nitrogens is 1. The molecule has 1 saturated heterocycles. The van der Waals surface area contributed by atoms with Crippen LogP contribution >= 0.6 is 0 Å². The molecule has 0 radical (unpaired) electrons. The third-order valence-electron chi connectivity index (χ3n) is 4.10. The molecule has 2 heterocycles. The molecule has 0 bridgehead atoms. The summed E-state index contributed by atoms with van der Waals surface area (Å²) < 4.78 is 11.2. The van der Waals surface area contributed by atoms with Gasteiger partial charge in [0.15, 0.2) is 5.43 Å². The van der Waals surface area contributed by atoms with E-state index in [0.29, 0.717) is 29.1 Å². The van der Waals surface area contributed by atoms with E-state index in [9.17, 15) is 4.79 Å². The summed E-state index contributed by atoms with van der Waals surface area (Å²) in [6.45, 7) is 4.84. The number of anilines is 1. The maximum atomic E-state index is 12.2. The van der Waals surface area contributed by atoms with Crippen LogP contribution in [0.25, 0.3) is 10.9 Å². The SMILES string of the molecule is NC(=[NH2+])/C=C\Nc1cc(=O)c2ccc(OCCN3CCOCC3)cc2[nH]1.